The molecule has 0 radical (unpaired) electrons. The molecule has 0 amide bonds. The summed E-state index contributed by atoms with van der Waals surface area (Å²) in [7, 11) is 0. The van der Waals surface area contributed by atoms with Gasteiger partial charge in [0.25, 0.3) is 0 Å². The first-order valence-electron chi connectivity index (χ1n) is 2.53. The Morgan fingerprint density at radius 2 is 1.62 bits per heavy atom. The van der Waals surface area contributed by atoms with Crippen molar-refractivity contribution in [2.24, 2.45) is 0 Å². The average molecular weight is 242 g/mol. The minimum Gasteiger partial charge on any atom is -0.297 e. The quantitative estimate of drug-likeness (QED) is 0.592. The van der Waals surface area contributed by atoms with Crippen LogP contribution in [0.2, 0.25) is 0 Å². The number of ketones is 1. The third kappa shape index (κ3) is 1.13. The van der Waals surface area contributed by atoms with Gasteiger partial charge in [0.1, 0.15) is 0 Å². The van der Waals surface area contributed by atoms with Gasteiger partial charge in [-0.1, -0.05) is 31.9 Å². The molecule has 0 aromatic carbocycles. The highest BCUT2D eigenvalue weighted by molar-refractivity contribution is 9.10. The highest BCUT2D eigenvalue weighted by Crippen LogP contribution is 2.26. The van der Waals surface area contributed by atoms with Gasteiger partial charge in [-0.3, -0.25) is 4.79 Å². The minimum atomic E-state index is 0.117. The van der Waals surface area contributed by atoms with Gasteiger partial charge in [0, 0.05) is 0 Å². The fourth-order valence-corrected chi connectivity index (χ4v) is 2.29. The Kier molecular flexibility index (Phi) is 2.09. The maximum Gasteiger partial charge on any atom is 0.160 e. The van der Waals surface area contributed by atoms with Crippen molar-refractivity contribution < 1.29 is 4.79 Å². The highest BCUT2D eigenvalue weighted by atomic mass is 79.9. The molecule has 0 aromatic heterocycles. The van der Waals surface area contributed by atoms with Gasteiger partial charge in [0.2, 0.25) is 0 Å². The van der Waals surface area contributed by atoms with Gasteiger partial charge < -0.3 is 0 Å². The van der Waals surface area contributed by atoms with E-state index in [1.165, 1.54) is 0 Å². The van der Waals surface area contributed by atoms with E-state index >= 15 is 0 Å². The van der Waals surface area contributed by atoms with Gasteiger partial charge in [-0.2, -0.15) is 0 Å². The Morgan fingerprint density at radius 1 is 1.25 bits per heavy atom. The summed E-state index contributed by atoms with van der Waals surface area (Å²) in [5.41, 5.74) is 0. The molecule has 1 aliphatic rings. The zero-order chi connectivity index (χ0) is 6.15. The summed E-state index contributed by atoms with van der Waals surface area (Å²) in [6.45, 7) is 0. The summed E-state index contributed by atoms with van der Waals surface area (Å²) in [6.07, 6.45) is 1.96. The molecular weight excluding hydrogens is 236 g/mol. The minimum absolute atomic E-state index is 0.117. The summed E-state index contributed by atoms with van der Waals surface area (Å²) in [5, 5.41) is 0. The largest absolute Gasteiger partial charge is 0.297 e. The molecule has 2 atom stereocenters. The average Bonchev–Trinajstić information content (AvgIpc) is 1.98. The molecule has 0 aromatic rings. The van der Waals surface area contributed by atoms with Crippen molar-refractivity contribution in [1.29, 1.82) is 0 Å². The smallest absolute Gasteiger partial charge is 0.160 e. The molecule has 0 N–H and O–H groups in total. The van der Waals surface area contributed by atoms with Gasteiger partial charge in [-0.15, -0.1) is 0 Å². The number of Topliss-reactive ketones (excluding diaryl/α,β-unsaturated/α-hetero) is 1. The number of rotatable bonds is 0. The van der Waals surface area contributed by atoms with Gasteiger partial charge in [0.05, 0.1) is 9.65 Å². The van der Waals surface area contributed by atoms with Crippen molar-refractivity contribution in [2.75, 3.05) is 0 Å². The van der Waals surface area contributed by atoms with Crippen LogP contribution in [-0.4, -0.2) is 15.4 Å². The van der Waals surface area contributed by atoms with Crippen LogP contribution in [0.4, 0.5) is 0 Å². The normalized spacial score (nSPS) is 38.5. The van der Waals surface area contributed by atoms with Crippen molar-refractivity contribution >= 4 is 37.6 Å². The van der Waals surface area contributed by atoms with Crippen LogP contribution >= 0.6 is 31.9 Å². The number of halogens is 2. The lowest BCUT2D eigenvalue weighted by atomic mass is 10.4. The lowest BCUT2D eigenvalue weighted by Gasteiger charge is -1.93. The summed E-state index contributed by atoms with van der Waals surface area (Å²) in [5.74, 6) is 0.296. The lowest BCUT2D eigenvalue weighted by Crippen LogP contribution is -2.11. The van der Waals surface area contributed by atoms with E-state index < -0.39 is 0 Å². The van der Waals surface area contributed by atoms with E-state index in [1.54, 1.807) is 0 Å². The molecular formula is C5H6Br2O. The first-order valence-corrected chi connectivity index (χ1v) is 4.37. The van der Waals surface area contributed by atoms with Crippen molar-refractivity contribution in [1.82, 2.24) is 0 Å². The first kappa shape index (κ1) is 6.75. The van der Waals surface area contributed by atoms with Gasteiger partial charge in [-0.05, 0) is 12.8 Å². The SMILES string of the molecule is O=C1C(Br)CCC1Br. The lowest BCUT2D eigenvalue weighted by molar-refractivity contribution is -0.116. The number of carbonyl (C=O) groups is 1. The molecule has 1 saturated carbocycles. The van der Waals surface area contributed by atoms with E-state index in [4.69, 9.17) is 0 Å². The van der Waals surface area contributed by atoms with Crippen molar-refractivity contribution in [3.63, 3.8) is 0 Å². The Bertz CT molecular complexity index is 101. The highest BCUT2D eigenvalue weighted by Gasteiger charge is 2.29. The van der Waals surface area contributed by atoms with Gasteiger partial charge in [0.15, 0.2) is 5.78 Å². The second-order valence-corrected chi connectivity index (χ2v) is 4.13. The predicted molar refractivity (Wildman–Crippen MR) is 39.7 cm³/mol. The molecule has 1 aliphatic carbocycles. The molecule has 8 heavy (non-hydrogen) atoms. The molecule has 3 heteroatoms. The van der Waals surface area contributed by atoms with Gasteiger partial charge in [-0.25, -0.2) is 0 Å². The monoisotopic (exact) mass is 240 g/mol. The molecule has 1 rings (SSSR count). The number of carbonyl (C=O) groups excluding carboxylic acids is 1. The van der Waals surface area contributed by atoms with Crippen LogP contribution < -0.4 is 0 Å². The second-order valence-electron chi connectivity index (χ2n) is 1.91. The maximum atomic E-state index is 10.8. The third-order valence-corrected chi connectivity index (χ3v) is 3.11. The van der Waals surface area contributed by atoms with Crippen LogP contribution in [0.15, 0.2) is 0 Å². The fraction of sp³-hybridized carbons (Fsp3) is 0.800. The number of hydrogen-bond donors (Lipinski definition) is 0. The number of alkyl halides is 2. The van der Waals surface area contributed by atoms with E-state index in [9.17, 15) is 4.79 Å². The molecule has 46 valence electrons. The van der Waals surface area contributed by atoms with E-state index in [0.717, 1.165) is 12.8 Å². The maximum absolute atomic E-state index is 10.8. The molecule has 2 unspecified atom stereocenters. The van der Waals surface area contributed by atoms with E-state index in [2.05, 4.69) is 31.9 Å². The summed E-state index contributed by atoms with van der Waals surface area (Å²) in [4.78, 5) is 11.0. The Hall–Kier alpha value is 0.630. The van der Waals surface area contributed by atoms with E-state index in [1.807, 2.05) is 0 Å². The molecule has 1 fully saturated rings. The van der Waals surface area contributed by atoms with Crippen LogP contribution in [0, 0.1) is 0 Å². The van der Waals surface area contributed by atoms with Crippen LogP contribution in [-0.2, 0) is 4.79 Å². The summed E-state index contributed by atoms with van der Waals surface area (Å²) >= 11 is 6.53. The standard InChI is InChI=1S/C5H6Br2O/c6-3-1-2-4(7)5(3)8/h3-4H,1-2H2. The van der Waals surface area contributed by atoms with Gasteiger partial charge >= 0.3 is 0 Å². The second kappa shape index (κ2) is 2.48. The fourth-order valence-electron chi connectivity index (χ4n) is 0.773. The Morgan fingerprint density at radius 3 is 1.75 bits per heavy atom. The Balaban J connectivity index is 2.57. The zero-order valence-electron chi connectivity index (χ0n) is 4.23. The molecule has 0 saturated heterocycles. The first-order chi connectivity index (χ1) is 3.72. The third-order valence-electron chi connectivity index (χ3n) is 1.29. The Labute approximate surface area is 65.1 Å². The van der Waals surface area contributed by atoms with E-state index in [0.29, 0.717) is 5.78 Å². The van der Waals surface area contributed by atoms with E-state index in [-0.39, 0.29) is 9.65 Å². The van der Waals surface area contributed by atoms with Crippen molar-refractivity contribution in [3.05, 3.63) is 0 Å². The van der Waals surface area contributed by atoms with Crippen LogP contribution in [0.5, 0.6) is 0 Å². The molecule has 0 bridgehead atoms. The zero-order valence-corrected chi connectivity index (χ0v) is 7.41. The van der Waals surface area contributed by atoms with Crippen LogP contribution in [0.25, 0.3) is 0 Å². The molecule has 0 spiro atoms. The summed E-state index contributed by atoms with van der Waals surface area (Å²) in [6, 6.07) is 0. The molecule has 1 nitrogen and oxygen atoms in total. The molecule has 0 heterocycles. The van der Waals surface area contributed by atoms with Crippen molar-refractivity contribution in [2.45, 2.75) is 22.5 Å². The number of hydrogen-bond acceptors (Lipinski definition) is 1. The van der Waals surface area contributed by atoms with Crippen LogP contribution in [0.1, 0.15) is 12.8 Å². The predicted octanol–water partition coefficient (Wildman–Crippen LogP) is 1.88. The molecule has 0 aliphatic heterocycles. The van der Waals surface area contributed by atoms with Crippen LogP contribution in [0.3, 0.4) is 0 Å². The topological polar surface area (TPSA) is 17.1 Å². The summed E-state index contributed by atoms with van der Waals surface area (Å²) < 4.78 is 0. The van der Waals surface area contributed by atoms with Crippen molar-refractivity contribution in [3.8, 4) is 0 Å².